The molecule has 7 heteroatoms. The summed E-state index contributed by atoms with van der Waals surface area (Å²) in [5.74, 6) is -0.0333. The van der Waals surface area contributed by atoms with E-state index in [1.165, 1.54) is 19.3 Å². The van der Waals surface area contributed by atoms with Crippen molar-refractivity contribution in [2.45, 2.75) is 6.18 Å². The summed E-state index contributed by atoms with van der Waals surface area (Å²) in [4.78, 5) is 4.57. The highest BCUT2D eigenvalue weighted by Crippen LogP contribution is 2.22. The third-order valence-corrected chi connectivity index (χ3v) is 1.79. The second kappa shape index (κ2) is 4.26. The number of nitrogens with zero attached hydrogens (tertiary/aromatic N) is 3. The summed E-state index contributed by atoms with van der Waals surface area (Å²) in [5.41, 5.74) is 5.63. The van der Waals surface area contributed by atoms with Crippen LogP contribution in [0.4, 0.5) is 24.7 Å². The Kier molecular flexibility index (Phi) is 3.22. The molecule has 0 amide bonds. The molecule has 1 heterocycles. The van der Waals surface area contributed by atoms with Crippen LogP contribution in [-0.4, -0.2) is 24.8 Å². The maximum absolute atomic E-state index is 12.1. The van der Waals surface area contributed by atoms with Gasteiger partial charge in [-0.3, -0.25) is 0 Å². The summed E-state index contributed by atoms with van der Waals surface area (Å²) in [5, 5.41) is 8.74. The molecule has 2 N–H and O–H groups in total. The van der Waals surface area contributed by atoms with Gasteiger partial charge in [0.1, 0.15) is 18.4 Å². The molecule has 0 fully saturated rings. The fraction of sp³-hybridized carbons (Fsp3) is 0.333. The molecule has 0 aliphatic rings. The van der Waals surface area contributed by atoms with Gasteiger partial charge < -0.3 is 10.6 Å². The van der Waals surface area contributed by atoms with Gasteiger partial charge in [-0.15, -0.1) is 0 Å². The van der Waals surface area contributed by atoms with E-state index >= 15 is 0 Å². The molecule has 1 aromatic rings. The monoisotopic (exact) mass is 230 g/mol. The highest BCUT2D eigenvalue weighted by molar-refractivity contribution is 5.58. The van der Waals surface area contributed by atoms with Crippen LogP contribution < -0.4 is 10.6 Å². The number of nitrogen functional groups attached to an aromatic ring is 1. The SMILES string of the molecule is CN(CC(F)(F)F)c1ncc(N)cc1C#N. The van der Waals surface area contributed by atoms with Gasteiger partial charge in [-0.25, -0.2) is 4.98 Å². The van der Waals surface area contributed by atoms with Crippen molar-refractivity contribution < 1.29 is 13.2 Å². The molecule has 0 aliphatic carbocycles. The summed E-state index contributed by atoms with van der Waals surface area (Å²) >= 11 is 0. The van der Waals surface area contributed by atoms with Crippen molar-refractivity contribution in [3.05, 3.63) is 17.8 Å². The first-order chi connectivity index (χ1) is 7.33. The van der Waals surface area contributed by atoms with Crippen molar-refractivity contribution in [2.75, 3.05) is 24.2 Å². The number of halogens is 3. The lowest BCUT2D eigenvalue weighted by Crippen LogP contribution is -2.32. The van der Waals surface area contributed by atoms with Gasteiger partial charge in [0.15, 0.2) is 0 Å². The molecular formula is C9H9F3N4. The standard InChI is InChI=1S/C9H9F3N4/c1-16(5-9(10,11)12)8-6(3-13)2-7(14)4-15-8/h2,4H,5,14H2,1H3. The molecule has 0 saturated carbocycles. The zero-order chi connectivity index (χ0) is 12.3. The number of rotatable bonds is 2. The topological polar surface area (TPSA) is 65.9 Å². The number of nitrogens with two attached hydrogens (primary N) is 1. The second-order valence-corrected chi connectivity index (χ2v) is 3.22. The Hall–Kier alpha value is -1.97. The van der Waals surface area contributed by atoms with Crippen LogP contribution in [0.2, 0.25) is 0 Å². The molecule has 0 radical (unpaired) electrons. The Balaban J connectivity index is 3.00. The van der Waals surface area contributed by atoms with E-state index < -0.39 is 12.7 Å². The van der Waals surface area contributed by atoms with Crippen molar-refractivity contribution in [2.24, 2.45) is 0 Å². The quantitative estimate of drug-likeness (QED) is 0.836. The van der Waals surface area contributed by atoms with Crippen molar-refractivity contribution in [3.63, 3.8) is 0 Å². The van der Waals surface area contributed by atoms with Crippen molar-refractivity contribution >= 4 is 11.5 Å². The fourth-order valence-electron chi connectivity index (χ4n) is 1.20. The van der Waals surface area contributed by atoms with Crippen molar-refractivity contribution in [1.29, 1.82) is 5.26 Å². The summed E-state index contributed by atoms with van der Waals surface area (Å²) in [7, 11) is 1.22. The van der Waals surface area contributed by atoms with Crippen LogP contribution in [0.3, 0.4) is 0 Å². The van der Waals surface area contributed by atoms with E-state index in [1.54, 1.807) is 6.07 Å². The lowest BCUT2D eigenvalue weighted by atomic mass is 10.2. The molecule has 86 valence electrons. The van der Waals surface area contributed by atoms with Gasteiger partial charge in [-0.2, -0.15) is 18.4 Å². The molecule has 16 heavy (non-hydrogen) atoms. The van der Waals surface area contributed by atoms with Gasteiger partial charge in [0, 0.05) is 7.05 Å². The van der Waals surface area contributed by atoms with Crippen molar-refractivity contribution in [3.8, 4) is 6.07 Å². The first-order valence-electron chi connectivity index (χ1n) is 4.27. The average Bonchev–Trinajstić information content (AvgIpc) is 2.14. The van der Waals surface area contributed by atoms with Gasteiger partial charge in [0.05, 0.1) is 17.4 Å². The number of pyridine rings is 1. The van der Waals surface area contributed by atoms with E-state index in [0.717, 1.165) is 4.90 Å². The molecule has 0 bridgehead atoms. The molecule has 0 aliphatic heterocycles. The Morgan fingerprint density at radius 1 is 1.56 bits per heavy atom. The smallest absolute Gasteiger partial charge is 0.397 e. The minimum absolute atomic E-state index is 0.0201. The minimum Gasteiger partial charge on any atom is -0.397 e. The predicted molar refractivity (Wildman–Crippen MR) is 52.7 cm³/mol. The van der Waals surface area contributed by atoms with E-state index in [4.69, 9.17) is 11.0 Å². The van der Waals surface area contributed by atoms with Gasteiger partial charge in [-0.05, 0) is 6.07 Å². The van der Waals surface area contributed by atoms with Gasteiger partial charge in [0.25, 0.3) is 0 Å². The van der Waals surface area contributed by atoms with Gasteiger partial charge in [0.2, 0.25) is 0 Å². The number of hydrogen-bond donors (Lipinski definition) is 1. The Morgan fingerprint density at radius 3 is 2.69 bits per heavy atom. The molecule has 0 aromatic carbocycles. The normalized spacial score (nSPS) is 10.9. The summed E-state index contributed by atoms with van der Waals surface area (Å²) in [6.45, 7) is -1.17. The number of nitriles is 1. The molecule has 0 atom stereocenters. The first-order valence-corrected chi connectivity index (χ1v) is 4.27. The Labute approximate surface area is 90.1 Å². The summed E-state index contributed by atoms with van der Waals surface area (Å²) in [6.07, 6.45) is -3.13. The van der Waals surface area contributed by atoms with Crippen LogP contribution in [0.25, 0.3) is 0 Å². The van der Waals surface area contributed by atoms with E-state index in [0.29, 0.717) is 0 Å². The second-order valence-electron chi connectivity index (χ2n) is 3.22. The van der Waals surface area contributed by atoms with Crippen LogP contribution in [-0.2, 0) is 0 Å². The van der Waals surface area contributed by atoms with E-state index in [1.807, 2.05) is 0 Å². The fourth-order valence-corrected chi connectivity index (χ4v) is 1.20. The van der Waals surface area contributed by atoms with Crippen LogP contribution in [0.15, 0.2) is 12.3 Å². The molecule has 0 unspecified atom stereocenters. The van der Waals surface area contributed by atoms with Crippen molar-refractivity contribution in [1.82, 2.24) is 4.98 Å². The highest BCUT2D eigenvalue weighted by atomic mass is 19.4. The minimum atomic E-state index is -4.34. The number of aromatic nitrogens is 1. The molecular weight excluding hydrogens is 221 g/mol. The Bertz CT molecular complexity index is 422. The van der Waals surface area contributed by atoms with Crippen LogP contribution in [0.5, 0.6) is 0 Å². The molecule has 0 saturated heterocycles. The zero-order valence-electron chi connectivity index (χ0n) is 8.41. The number of hydrogen-bond acceptors (Lipinski definition) is 4. The lowest BCUT2D eigenvalue weighted by Gasteiger charge is -2.20. The first kappa shape index (κ1) is 12.1. The third kappa shape index (κ3) is 3.02. The molecule has 4 nitrogen and oxygen atoms in total. The maximum Gasteiger partial charge on any atom is 0.405 e. The van der Waals surface area contributed by atoms with Crippen LogP contribution >= 0.6 is 0 Å². The number of alkyl halides is 3. The van der Waals surface area contributed by atoms with E-state index in [-0.39, 0.29) is 17.1 Å². The largest absolute Gasteiger partial charge is 0.405 e. The predicted octanol–water partition coefficient (Wildman–Crippen LogP) is 1.53. The highest BCUT2D eigenvalue weighted by Gasteiger charge is 2.30. The third-order valence-electron chi connectivity index (χ3n) is 1.79. The van der Waals surface area contributed by atoms with Crippen LogP contribution in [0, 0.1) is 11.3 Å². The molecule has 1 rings (SSSR count). The average molecular weight is 230 g/mol. The maximum atomic E-state index is 12.1. The number of anilines is 2. The van der Waals surface area contributed by atoms with E-state index in [2.05, 4.69) is 4.98 Å². The molecule has 0 spiro atoms. The zero-order valence-corrected chi connectivity index (χ0v) is 8.41. The van der Waals surface area contributed by atoms with Gasteiger partial charge >= 0.3 is 6.18 Å². The van der Waals surface area contributed by atoms with E-state index in [9.17, 15) is 13.2 Å². The summed E-state index contributed by atoms with van der Waals surface area (Å²) in [6, 6.07) is 3.04. The molecule has 1 aromatic heterocycles. The lowest BCUT2D eigenvalue weighted by molar-refractivity contribution is -0.119. The Morgan fingerprint density at radius 2 is 2.19 bits per heavy atom. The summed E-state index contributed by atoms with van der Waals surface area (Å²) < 4.78 is 36.4. The van der Waals surface area contributed by atoms with Crippen LogP contribution in [0.1, 0.15) is 5.56 Å². The van der Waals surface area contributed by atoms with Gasteiger partial charge in [-0.1, -0.05) is 0 Å².